The first-order valence-electron chi connectivity index (χ1n) is 6.94. The topological polar surface area (TPSA) is 69.6 Å². The SMILES string of the molecule is CC1CCCN1C(=O)NCCc1cccc(C(=O)O)c1. The molecule has 0 spiro atoms. The third-order valence-corrected chi connectivity index (χ3v) is 3.68. The fourth-order valence-electron chi connectivity index (χ4n) is 2.51. The number of benzene rings is 1. The third-order valence-electron chi connectivity index (χ3n) is 3.68. The zero-order valence-corrected chi connectivity index (χ0v) is 11.6. The van der Waals surface area contributed by atoms with Gasteiger partial charge in [0.2, 0.25) is 0 Å². The first-order valence-corrected chi connectivity index (χ1v) is 6.94. The summed E-state index contributed by atoms with van der Waals surface area (Å²) in [5.74, 6) is -0.929. The molecule has 108 valence electrons. The van der Waals surface area contributed by atoms with Gasteiger partial charge in [-0.1, -0.05) is 12.1 Å². The van der Waals surface area contributed by atoms with Crippen LogP contribution in [0.2, 0.25) is 0 Å². The van der Waals surface area contributed by atoms with Crippen LogP contribution < -0.4 is 5.32 Å². The van der Waals surface area contributed by atoms with Crippen molar-refractivity contribution in [3.05, 3.63) is 35.4 Å². The van der Waals surface area contributed by atoms with E-state index in [-0.39, 0.29) is 11.6 Å². The number of aromatic carboxylic acids is 1. The van der Waals surface area contributed by atoms with Gasteiger partial charge in [0.15, 0.2) is 0 Å². The molecule has 1 heterocycles. The molecule has 5 nitrogen and oxygen atoms in total. The van der Waals surface area contributed by atoms with Crippen LogP contribution in [-0.4, -0.2) is 41.1 Å². The summed E-state index contributed by atoms with van der Waals surface area (Å²) in [5, 5.41) is 11.8. The lowest BCUT2D eigenvalue weighted by Crippen LogP contribution is -2.42. The minimum absolute atomic E-state index is 0.0237. The molecule has 0 aromatic heterocycles. The lowest BCUT2D eigenvalue weighted by Gasteiger charge is -2.21. The molecular formula is C15H20N2O3. The van der Waals surface area contributed by atoms with Crippen LogP contribution >= 0.6 is 0 Å². The van der Waals surface area contributed by atoms with Crippen LogP contribution in [0, 0.1) is 0 Å². The van der Waals surface area contributed by atoms with E-state index in [2.05, 4.69) is 12.2 Å². The van der Waals surface area contributed by atoms with Gasteiger partial charge in [-0.2, -0.15) is 0 Å². The minimum Gasteiger partial charge on any atom is -0.478 e. The van der Waals surface area contributed by atoms with E-state index in [1.54, 1.807) is 18.2 Å². The van der Waals surface area contributed by atoms with Crippen molar-refractivity contribution in [1.29, 1.82) is 0 Å². The number of carbonyl (C=O) groups excluding carboxylic acids is 1. The van der Waals surface area contributed by atoms with E-state index in [1.807, 2.05) is 11.0 Å². The molecular weight excluding hydrogens is 256 g/mol. The fraction of sp³-hybridized carbons (Fsp3) is 0.467. The van der Waals surface area contributed by atoms with Crippen LogP contribution in [0.3, 0.4) is 0 Å². The Morgan fingerprint density at radius 2 is 2.25 bits per heavy atom. The highest BCUT2D eigenvalue weighted by atomic mass is 16.4. The second kappa shape index (κ2) is 6.41. The number of nitrogens with one attached hydrogen (secondary N) is 1. The highest BCUT2D eigenvalue weighted by Gasteiger charge is 2.24. The minimum atomic E-state index is -0.929. The maximum atomic E-state index is 11.9. The Balaban J connectivity index is 1.82. The van der Waals surface area contributed by atoms with E-state index < -0.39 is 5.97 Å². The van der Waals surface area contributed by atoms with Crippen LogP contribution in [0.15, 0.2) is 24.3 Å². The van der Waals surface area contributed by atoms with Crippen molar-refractivity contribution in [3.63, 3.8) is 0 Å². The van der Waals surface area contributed by atoms with Gasteiger partial charge in [-0.3, -0.25) is 0 Å². The molecule has 2 rings (SSSR count). The van der Waals surface area contributed by atoms with Gasteiger partial charge >= 0.3 is 12.0 Å². The Morgan fingerprint density at radius 3 is 2.90 bits per heavy atom. The number of rotatable bonds is 4. The van der Waals surface area contributed by atoms with Crippen LogP contribution in [0.25, 0.3) is 0 Å². The summed E-state index contributed by atoms with van der Waals surface area (Å²) < 4.78 is 0. The number of hydrogen-bond acceptors (Lipinski definition) is 2. The van der Waals surface area contributed by atoms with Crippen molar-refractivity contribution < 1.29 is 14.7 Å². The normalized spacial score (nSPS) is 18.1. The average molecular weight is 276 g/mol. The number of carboxylic acids is 1. The number of nitrogens with zero attached hydrogens (tertiary/aromatic N) is 1. The summed E-state index contributed by atoms with van der Waals surface area (Å²) in [5.41, 5.74) is 1.20. The summed E-state index contributed by atoms with van der Waals surface area (Å²) in [6.07, 6.45) is 2.76. The van der Waals surface area contributed by atoms with Crippen LogP contribution in [0.4, 0.5) is 4.79 Å². The maximum Gasteiger partial charge on any atom is 0.335 e. The Kier molecular flexibility index (Phi) is 4.61. The highest BCUT2D eigenvalue weighted by Crippen LogP contribution is 2.16. The third kappa shape index (κ3) is 3.50. The lowest BCUT2D eigenvalue weighted by atomic mass is 10.1. The molecule has 1 aromatic carbocycles. The quantitative estimate of drug-likeness (QED) is 0.885. The van der Waals surface area contributed by atoms with Gasteiger partial charge < -0.3 is 15.3 Å². The standard InChI is InChI=1S/C15H20N2O3/c1-11-4-3-9-17(11)15(20)16-8-7-12-5-2-6-13(10-12)14(18)19/h2,5-6,10-11H,3-4,7-9H2,1H3,(H,16,20)(H,18,19). The molecule has 2 amide bonds. The van der Waals surface area contributed by atoms with E-state index in [1.165, 1.54) is 0 Å². The molecule has 20 heavy (non-hydrogen) atoms. The molecule has 0 aliphatic carbocycles. The lowest BCUT2D eigenvalue weighted by molar-refractivity contribution is 0.0696. The molecule has 1 fully saturated rings. The molecule has 0 bridgehead atoms. The highest BCUT2D eigenvalue weighted by molar-refractivity contribution is 5.87. The fourth-order valence-corrected chi connectivity index (χ4v) is 2.51. The number of hydrogen-bond donors (Lipinski definition) is 2. The molecule has 1 aromatic rings. The van der Waals surface area contributed by atoms with Gasteiger partial charge in [0.25, 0.3) is 0 Å². The van der Waals surface area contributed by atoms with Gasteiger partial charge in [-0.05, 0) is 43.9 Å². The second-order valence-corrected chi connectivity index (χ2v) is 5.17. The maximum absolute atomic E-state index is 11.9. The zero-order chi connectivity index (χ0) is 14.5. The number of carboxylic acid groups (broad SMARTS) is 1. The average Bonchev–Trinajstić information content (AvgIpc) is 2.85. The first-order chi connectivity index (χ1) is 9.58. The van der Waals surface area contributed by atoms with Crippen molar-refractivity contribution in [2.24, 2.45) is 0 Å². The van der Waals surface area contributed by atoms with E-state index >= 15 is 0 Å². The van der Waals surface area contributed by atoms with E-state index in [4.69, 9.17) is 5.11 Å². The molecule has 1 aliphatic rings. The van der Waals surface area contributed by atoms with Gasteiger partial charge in [0, 0.05) is 19.1 Å². The first kappa shape index (κ1) is 14.4. The monoisotopic (exact) mass is 276 g/mol. The van der Waals surface area contributed by atoms with Crippen molar-refractivity contribution in [2.75, 3.05) is 13.1 Å². The van der Waals surface area contributed by atoms with Crippen LogP contribution in [0.5, 0.6) is 0 Å². The number of carbonyl (C=O) groups is 2. The summed E-state index contributed by atoms with van der Waals surface area (Å²) in [6, 6.07) is 7.10. The molecule has 0 radical (unpaired) electrons. The summed E-state index contributed by atoms with van der Waals surface area (Å²) in [4.78, 5) is 24.7. The molecule has 0 saturated carbocycles. The molecule has 1 aliphatic heterocycles. The Labute approximate surface area is 118 Å². The molecule has 1 atom stereocenters. The summed E-state index contributed by atoms with van der Waals surface area (Å²) >= 11 is 0. The predicted octanol–water partition coefficient (Wildman–Crippen LogP) is 2.12. The number of amides is 2. The van der Waals surface area contributed by atoms with Gasteiger partial charge in [-0.25, -0.2) is 9.59 Å². The van der Waals surface area contributed by atoms with Gasteiger partial charge in [0.1, 0.15) is 0 Å². The molecule has 1 saturated heterocycles. The largest absolute Gasteiger partial charge is 0.478 e. The second-order valence-electron chi connectivity index (χ2n) is 5.17. The van der Waals surface area contributed by atoms with E-state index in [0.717, 1.165) is 24.9 Å². The van der Waals surface area contributed by atoms with Crippen molar-refractivity contribution in [1.82, 2.24) is 10.2 Å². The van der Waals surface area contributed by atoms with Crippen molar-refractivity contribution in [3.8, 4) is 0 Å². The summed E-state index contributed by atoms with van der Waals surface area (Å²) in [6.45, 7) is 3.40. The molecule has 2 N–H and O–H groups in total. The Bertz CT molecular complexity index is 502. The van der Waals surface area contributed by atoms with Crippen LogP contribution in [-0.2, 0) is 6.42 Å². The number of likely N-dealkylation sites (tertiary alicyclic amines) is 1. The Morgan fingerprint density at radius 1 is 1.45 bits per heavy atom. The summed E-state index contributed by atoms with van der Waals surface area (Å²) in [7, 11) is 0. The van der Waals surface area contributed by atoms with Crippen molar-refractivity contribution in [2.45, 2.75) is 32.2 Å². The zero-order valence-electron chi connectivity index (χ0n) is 11.6. The predicted molar refractivity (Wildman–Crippen MR) is 75.9 cm³/mol. The van der Waals surface area contributed by atoms with Gasteiger partial charge in [-0.15, -0.1) is 0 Å². The van der Waals surface area contributed by atoms with Crippen molar-refractivity contribution >= 4 is 12.0 Å². The Hall–Kier alpha value is -2.04. The molecule has 1 unspecified atom stereocenters. The molecule has 5 heteroatoms. The van der Waals surface area contributed by atoms with E-state index in [0.29, 0.717) is 19.0 Å². The smallest absolute Gasteiger partial charge is 0.335 e. The number of urea groups is 1. The van der Waals surface area contributed by atoms with Gasteiger partial charge in [0.05, 0.1) is 5.56 Å². The van der Waals surface area contributed by atoms with E-state index in [9.17, 15) is 9.59 Å². The van der Waals surface area contributed by atoms with Crippen LogP contribution in [0.1, 0.15) is 35.7 Å².